The molecule has 0 aliphatic rings. The first kappa shape index (κ1) is 23.2. The molecule has 34 heavy (non-hydrogen) atoms. The molecule has 2 N–H and O–H groups in total. The van der Waals surface area contributed by atoms with Crippen LogP contribution in [0.5, 0.6) is 0 Å². The van der Waals surface area contributed by atoms with E-state index >= 15 is 0 Å². The van der Waals surface area contributed by atoms with Crippen molar-refractivity contribution in [1.82, 2.24) is 19.3 Å². The maximum absolute atomic E-state index is 12.7. The second-order valence-corrected chi connectivity index (χ2v) is 8.36. The van der Waals surface area contributed by atoms with Gasteiger partial charge in [0.2, 0.25) is 11.8 Å². The average Bonchev–Trinajstić information content (AvgIpc) is 3.14. The summed E-state index contributed by atoms with van der Waals surface area (Å²) in [5.41, 5.74) is 3.37. The molecule has 0 radical (unpaired) electrons. The molecular weight excluding hydrogens is 456 g/mol. The second-order valence-electron chi connectivity index (χ2n) is 7.95. The number of carbonyl (C=O) groups is 2. The first-order valence-electron chi connectivity index (χ1n) is 10.6. The molecule has 4 rings (SSSR count). The molecular formula is C24H23ClN6O3. The summed E-state index contributed by atoms with van der Waals surface area (Å²) in [7, 11) is 0. The minimum Gasteiger partial charge on any atom is -0.324 e. The zero-order chi connectivity index (χ0) is 24.4. The van der Waals surface area contributed by atoms with Crippen molar-refractivity contribution in [3.05, 3.63) is 81.5 Å². The standard InChI is InChI=1S/C24H23ClN6O3/c1-14-10-15(2)31(29-14)16(3)24(34)28-19-9-8-17(11-18(19)25)27-22(32)13-30-21-7-5-4-6-20(21)26-12-23(30)33/h4-12,16H,13H2,1-3H3,(H,27,32)(H,28,34). The summed E-state index contributed by atoms with van der Waals surface area (Å²) >= 11 is 6.35. The lowest BCUT2D eigenvalue weighted by atomic mass is 10.2. The van der Waals surface area contributed by atoms with Gasteiger partial charge >= 0.3 is 0 Å². The van der Waals surface area contributed by atoms with Gasteiger partial charge in [-0.25, -0.2) is 4.98 Å². The average molecular weight is 479 g/mol. The van der Waals surface area contributed by atoms with Crippen molar-refractivity contribution < 1.29 is 9.59 Å². The number of nitrogens with one attached hydrogen (secondary N) is 2. The van der Waals surface area contributed by atoms with Crippen LogP contribution in [-0.2, 0) is 16.1 Å². The second kappa shape index (κ2) is 9.48. The monoisotopic (exact) mass is 478 g/mol. The van der Waals surface area contributed by atoms with Crippen LogP contribution in [0, 0.1) is 13.8 Å². The number of hydrogen-bond acceptors (Lipinski definition) is 5. The number of halogens is 1. The van der Waals surface area contributed by atoms with E-state index in [1.54, 1.807) is 41.9 Å². The lowest BCUT2D eigenvalue weighted by Crippen LogP contribution is -2.28. The highest BCUT2D eigenvalue weighted by Gasteiger charge is 2.19. The minimum atomic E-state index is -0.530. The first-order chi connectivity index (χ1) is 16.2. The highest BCUT2D eigenvalue weighted by molar-refractivity contribution is 6.34. The molecule has 0 spiro atoms. The summed E-state index contributed by atoms with van der Waals surface area (Å²) in [6, 6.07) is 13.2. The maximum atomic E-state index is 12.7. The zero-order valence-corrected chi connectivity index (χ0v) is 19.6. The number of carbonyl (C=O) groups excluding carboxylic acids is 2. The molecule has 0 bridgehead atoms. The van der Waals surface area contributed by atoms with Gasteiger partial charge in [-0.15, -0.1) is 0 Å². The van der Waals surface area contributed by atoms with Gasteiger partial charge in [0.15, 0.2) is 0 Å². The predicted molar refractivity (Wildman–Crippen MR) is 131 cm³/mol. The molecule has 0 aliphatic heterocycles. The van der Waals surface area contributed by atoms with Gasteiger partial charge in [-0.1, -0.05) is 23.7 Å². The van der Waals surface area contributed by atoms with E-state index in [2.05, 4.69) is 20.7 Å². The molecule has 0 aliphatic carbocycles. The fourth-order valence-electron chi connectivity index (χ4n) is 3.70. The lowest BCUT2D eigenvalue weighted by Gasteiger charge is -2.16. The van der Waals surface area contributed by atoms with E-state index < -0.39 is 11.9 Å². The van der Waals surface area contributed by atoms with Crippen LogP contribution < -0.4 is 16.2 Å². The van der Waals surface area contributed by atoms with E-state index in [-0.39, 0.29) is 23.0 Å². The highest BCUT2D eigenvalue weighted by Crippen LogP contribution is 2.26. The summed E-state index contributed by atoms with van der Waals surface area (Å²) in [4.78, 5) is 41.7. The Kier molecular flexibility index (Phi) is 6.47. The summed E-state index contributed by atoms with van der Waals surface area (Å²) in [6.07, 6.45) is 1.19. The van der Waals surface area contributed by atoms with Crippen LogP contribution in [-0.4, -0.2) is 31.1 Å². The molecule has 0 saturated carbocycles. The SMILES string of the molecule is Cc1cc(C)n(C(C)C(=O)Nc2ccc(NC(=O)Cn3c(=O)cnc4ccccc43)cc2Cl)n1. The van der Waals surface area contributed by atoms with Crippen LogP contribution in [0.2, 0.25) is 5.02 Å². The number of aryl methyl sites for hydroxylation is 2. The van der Waals surface area contributed by atoms with Gasteiger partial charge in [0.25, 0.3) is 5.56 Å². The number of benzene rings is 2. The Morgan fingerprint density at radius 3 is 2.56 bits per heavy atom. The van der Waals surface area contributed by atoms with Crippen molar-refractivity contribution in [2.75, 3.05) is 10.6 Å². The van der Waals surface area contributed by atoms with E-state index in [0.717, 1.165) is 11.4 Å². The van der Waals surface area contributed by atoms with Crippen LogP contribution in [0.25, 0.3) is 11.0 Å². The van der Waals surface area contributed by atoms with E-state index in [9.17, 15) is 14.4 Å². The number of hydrogen-bond donors (Lipinski definition) is 2. The van der Waals surface area contributed by atoms with Gasteiger partial charge in [0, 0.05) is 11.4 Å². The molecule has 2 aromatic heterocycles. The molecule has 1 atom stereocenters. The Bertz CT molecular complexity index is 1460. The third-order valence-corrected chi connectivity index (χ3v) is 5.67. The fourth-order valence-corrected chi connectivity index (χ4v) is 3.93. The summed E-state index contributed by atoms with van der Waals surface area (Å²) in [5.74, 6) is -0.668. The first-order valence-corrected chi connectivity index (χ1v) is 11.0. The molecule has 9 nitrogen and oxygen atoms in total. The maximum Gasteiger partial charge on any atom is 0.269 e. The van der Waals surface area contributed by atoms with Crippen LogP contribution in [0.3, 0.4) is 0 Å². The molecule has 4 aromatic rings. The van der Waals surface area contributed by atoms with Gasteiger partial charge in [-0.3, -0.25) is 23.6 Å². The predicted octanol–water partition coefficient (Wildman–Crippen LogP) is 3.70. The quantitative estimate of drug-likeness (QED) is 0.439. The van der Waals surface area contributed by atoms with Crippen molar-refractivity contribution >= 4 is 45.8 Å². The summed E-state index contributed by atoms with van der Waals surface area (Å²) in [6.45, 7) is 5.32. The van der Waals surface area contributed by atoms with Gasteiger partial charge < -0.3 is 10.6 Å². The molecule has 2 heterocycles. The van der Waals surface area contributed by atoms with Crippen LogP contribution in [0.15, 0.2) is 59.5 Å². The van der Waals surface area contributed by atoms with Gasteiger partial charge in [0.05, 0.1) is 33.6 Å². The highest BCUT2D eigenvalue weighted by atomic mass is 35.5. The smallest absolute Gasteiger partial charge is 0.269 e. The molecule has 174 valence electrons. The fraction of sp³-hybridized carbons (Fsp3) is 0.208. The molecule has 1 unspecified atom stereocenters. The van der Waals surface area contributed by atoms with Crippen molar-refractivity contribution in [2.45, 2.75) is 33.4 Å². The normalized spacial score (nSPS) is 11.9. The number of rotatable bonds is 6. The number of aromatic nitrogens is 4. The van der Waals surface area contributed by atoms with Gasteiger partial charge in [-0.2, -0.15) is 5.10 Å². The third-order valence-electron chi connectivity index (χ3n) is 5.36. The topological polar surface area (TPSA) is 111 Å². The third kappa shape index (κ3) is 4.84. The largest absolute Gasteiger partial charge is 0.324 e. The van der Waals surface area contributed by atoms with Gasteiger partial charge in [0.1, 0.15) is 12.6 Å². The van der Waals surface area contributed by atoms with Crippen LogP contribution in [0.1, 0.15) is 24.4 Å². The molecule has 10 heteroatoms. The van der Waals surface area contributed by atoms with E-state index in [1.807, 2.05) is 26.0 Å². The zero-order valence-electron chi connectivity index (χ0n) is 18.9. The number of amides is 2. The number of nitrogens with zero attached hydrogens (tertiary/aromatic N) is 4. The Labute approximate surface area is 200 Å². The van der Waals surface area contributed by atoms with Crippen molar-refractivity contribution in [1.29, 1.82) is 0 Å². The molecule has 0 saturated heterocycles. The van der Waals surface area contributed by atoms with E-state index in [4.69, 9.17) is 11.6 Å². The molecule has 2 amide bonds. The molecule has 2 aromatic carbocycles. The summed E-state index contributed by atoms with van der Waals surface area (Å²) < 4.78 is 3.01. The Morgan fingerprint density at radius 1 is 1.09 bits per heavy atom. The Balaban J connectivity index is 1.45. The van der Waals surface area contributed by atoms with Crippen LogP contribution >= 0.6 is 11.6 Å². The summed E-state index contributed by atoms with van der Waals surface area (Å²) in [5, 5.41) is 10.1. The van der Waals surface area contributed by atoms with Crippen LogP contribution in [0.4, 0.5) is 11.4 Å². The minimum absolute atomic E-state index is 0.182. The van der Waals surface area contributed by atoms with Gasteiger partial charge in [-0.05, 0) is 57.2 Å². The number of fused-ring (bicyclic) bond motifs is 1. The van der Waals surface area contributed by atoms with Crippen molar-refractivity contribution in [3.63, 3.8) is 0 Å². The van der Waals surface area contributed by atoms with E-state index in [1.165, 1.54) is 16.8 Å². The van der Waals surface area contributed by atoms with Crippen molar-refractivity contribution in [2.24, 2.45) is 0 Å². The van der Waals surface area contributed by atoms with E-state index in [0.29, 0.717) is 22.4 Å². The number of anilines is 2. The Hall–Kier alpha value is -3.98. The lowest BCUT2D eigenvalue weighted by molar-refractivity contribution is -0.119. The Morgan fingerprint density at radius 2 is 1.85 bits per heavy atom. The van der Waals surface area contributed by atoms with Crippen molar-refractivity contribution in [3.8, 4) is 0 Å². The molecule has 0 fully saturated rings. The number of para-hydroxylation sites is 2.